The number of carbonyl (C=O) groups is 3. The average Bonchev–Trinajstić information content (AvgIpc) is 3.26. The molecule has 17 nitrogen and oxygen atoms in total. The summed E-state index contributed by atoms with van der Waals surface area (Å²) in [5.41, 5.74) is 14.1. The molecule has 0 radical (unpaired) electrons. The highest BCUT2D eigenvalue weighted by molar-refractivity contribution is 6.31. The number of carbonyl (C=O) groups excluding carboxylic acids is 3. The van der Waals surface area contributed by atoms with Crippen LogP contribution in [0.5, 0.6) is 11.5 Å². The molecule has 6 rings (SSSR count). The third kappa shape index (κ3) is 14.7. The van der Waals surface area contributed by atoms with E-state index in [1.165, 1.54) is 11.1 Å². The standard InChI is InChI=1S/C44H63ClN10O7/c1-53-17-22-59-36(26-53)24-48-38(56)29-61-34-13-9-31(10-14-34)6-3-19-55(21-5-8-33(28-55)50-44(58)40-42(46)52-43(47)41(45)51-40)20-4-7-32-11-15-35(16-12-32)62-30-39(57)49-25-37-27-54(2)18-23-60-37/h9-16,33,36-37H,3-8,17-30H2,1-2H3,(H6-,46,47,48,49,50,52,56,57,58)/p+1/t33-,36?,37?,55?/m0/s1. The van der Waals surface area contributed by atoms with Crippen molar-refractivity contribution in [3.05, 3.63) is 70.5 Å². The first-order valence-electron chi connectivity index (χ1n) is 21.7. The maximum absolute atomic E-state index is 13.4. The minimum absolute atomic E-state index is 0.0158. The number of quaternary nitrogens is 1. The first-order chi connectivity index (χ1) is 29.9. The maximum Gasteiger partial charge on any atom is 0.274 e. The monoisotopic (exact) mass is 879 g/mol. The zero-order valence-corrected chi connectivity index (χ0v) is 36.9. The van der Waals surface area contributed by atoms with Crippen LogP contribution in [0.15, 0.2) is 48.5 Å². The molecule has 3 fully saturated rings. The van der Waals surface area contributed by atoms with Crippen molar-refractivity contribution in [2.45, 2.75) is 56.8 Å². The predicted molar refractivity (Wildman–Crippen MR) is 237 cm³/mol. The second-order valence-corrected chi connectivity index (χ2v) is 17.2. The molecule has 0 aliphatic carbocycles. The highest BCUT2D eigenvalue weighted by Crippen LogP contribution is 2.25. The summed E-state index contributed by atoms with van der Waals surface area (Å²) in [5, 5.41) is 8.92. The van der Waals surface area contributed by atoms with Crippen molar-refractivity contribution >= 4 is 41.0 Å². The summed E-state index contributed by atoms with van der Waals surface area (Å²) < 4.78 is 23.9. The molecule has 2 aromatic carbocycles. The van der Waals surface area contributed by atoms with E-state index in [0.717, 1.165) is 95.4 Å². The van der Waals surface area contributed by atoms with Gasteiger partial charge in [-0.2, -0.15) is 0 Å². The van der Waals surface area contributed by atoms with Crippen LogP contribution in [-0.4, -0.2) is 166 Å². The predicted octanol–water partition coefficient (Wildman–Crippen LogP) is 1.92. The second-order valence-electron chi connectivity index (χ2n) is 16.8. The van der Waals surface area contributed by atoms with Crippen molar-refractivity contribution in [3.8, 4) is 11.5 Å². The molecule has 3 aromatic rings. The van der Waals surface area contributed by atoms with E-state index >= 15 is 0 Å². The Balaban J connectivity index is 0.993. The third-order valence-electron chi connectivity index (χ3n) is 11.8. The van der Waals surface area contributed by atoms with Crippen molar-refractivity contribution in [3.63, 3.8) is 0 Å². The number of amides is 3. The average molecular weight is 881 g/mol. The number of morpholine rings is 2. The molecule has 3 aliphatic rings. The first-order valence-corrected chi connectivity index (χ1v) is 22.1. The smallest absolute Gasteiger partial charge is 0.274 e. The molecule has 0 saturated carbocycles. The van der Waals surface area contributed by atoms with E-state index in [4.69, 9.17) is 42.0 Å². The number of aryl methyl sites for hydroxylation is 2. The Morgan fingerprint density at radius 2 is 1.31 bits per heavy atom. The first kappa shape index (κ1) is 46.7. The van der Waals surface area contributed by atoms with Crippen LogP contribution >= 0.6 is 11.6 Å². The summed E-state index contributed by atoms with van der Waals surface area (Å²) in [5.74, 6) is 0.426. The fraction of sp³-hybridized carbons (Fsp3) is 0.568. The molecule has 338 valence electrons. The summed E-state index contributed by atoms with van der Waals surface area (Å²) in [6.07, 6.45) is 5.37. The molecule has 2 unspecified atom stereocenters. The number of anilines is 2. The van der Waals surface area contributed by atoms with Gasteiger partial charge in [-0.25, -0.2) is 9.97 Å². The van der Waals surface area contributed by atoms with Crippen LogP contribution in [0.2, 0.25) is 5.15 Å². The normalized spacial score (nSPS) is 22.1. The molecule has 62 heavy (non-hydrogen) atoms. The number of halogens is 1. The Hall–Kier alpha value is -4.78. The minimum atomic E-state index is -0.418. The van der Waals surface area contributed by atoms with E-state index in [0.29, 0.717) is 37.8 Å². The van der Waals surface area contributed by atoms with Gasteiger partial charge >= 0.3 is 0 Å². The molecule has 3 amide bonds. The molecule has 3 saturated heterocycles. The lowest BCUT2D eigenvalue weighted by Gasteiger charge is -2.45. The summed E-state index contributed by atoms with van der Waals surface area (Å²) in [4.78, 5) is 50.7. The van der Waals surface area contributed by atoms with E-state index in [-0.39, 0.29) is 65.8 Å². The molecular weight excluding hydrogens is 816 g/mol. The molecule has 0 spiro atoms. The van der Waals surface area contributed by atoms with Gasteiger partial charge in [0, 0.05) is 52.1 Å². The molecule has 3 aliphatic heterocycles. The van der Waals surface area contributed by atoms with Gasteiger partial charge < -0.3 is 60.6 Å². The van der Waals surface area contributed by atoms with E-state index in [1.54, 1.807) is 0 Å². The number of nitrogen functional groups attached to an aromatic ring is 2. The summed E-state index contributed by atoms with van der Waals surface area (Å²) in [7, 11) is 4.09. The van der Waals surface area contributed by atoms with Gasteiger partial charge in [-0.3, -0.25) is 14.4 Å². The summed E-state index contributed by atoms with van der Waals surface area (Å²) in [6.45, 7) is 9.12. The zero-order chi connectivity index (χ0) is 43.9. The van der Waals surface area contributed by atoms with Crippen molar-refractivity contribution in [2.75, 3.05) is 117 Å². The van der Waals surface area contributed by atoms with Gasteiger partial charge in [-0.15, -0.1) is 0 Å². The van der Waals surface area contributed by atoms with Gasteiger partial charge in [0.15, 0.2) is 35.7 Å². The van der Waals surface area contributed by atoms with Crippen molar-refractivity contribution in [1.82, 2.24) is 35.7 Å². The second kappa shape index (κ2) is 23.1. The minimum Gasteiger partial charge on any atom is -0.484 e. The fourth-order valence-corrected chi connectivity index (χ4v) is 8.53. The van der Waals surface area contributed by atoms with Gasteiger partial charge in [0.05, 0.1) is 57.6 Å². The number of benzene rings is 2. The summed E-state index contributed by atoms with van der Waals surface area (Å²) >= 11 is 6.09. The molecular formula is C44H64ClN10O7+. The topological polar surface area (TPSA) is 209 Å². The van der Waals surface area contributed by atoms with Gasteiger partial charge in [0.2, 0.25) is 0 Å². The number of aromatic nitrogens is 2. The number of likely N-dealkylation sites (N-methyl/N-ethyl adjacent to an activating group) is 2. The van der Waals surface area contributed by atoms with Crippen LogP contribution in [0.3, 0.4) is 0 Å². The maximum atomic E-state index is 13.4. The molecule has 18 heteroatoms. The van der Waals surface area contributed by atoms with Crippen LogP contribution in [-0.2, 0) is 31.9 Å². The molecule has 7 N–H and O–H groups in total. The fourth-order valence-electron chi connectivity index (χ4n) is 8.40. The molecule has 3 atom stereocenters. The number of nitrogens with two attached hydrogens (primary N) is 2. The van der Waals surface area contributed by atoms with Gasteiger partial charge in [-0.05, 0) is 75.2 Å². The van der Waals surface area contributed by atoms with Gasteiger partial charge in [0.1, 0.15) is 11.5 Å². The van der Waals surface area contributed by atoms with Crippen molar-refractivity contribution in [2.24, 2.45) is 0 Å². The molecule has 0 bridgehead atoms. The Labute approximate surface area is 369 Å². The van der Waals surface area contributed by atoms with Gasteiger partial charge in [0.25, 0.3) is 17.7 Å². The van der Waals surface area contributed by atoms with Crippen molar-refractivity contribution < 1.29 is 37.8 Å². The van der Waals surface area contributed by atoms with Gasteiger partial charge in [-0.1, -0.05) is 35.9 Å². The number of likely N-dealkylation sites (tertiary alicyclic amines) is 1. The zero-order valence-electron chi connectivity index (χ0n) is 36.1. The lowest BCUT2D eigenvalue weighted by atomic mass is 9.99. The van der Waals surface area contributed by atoms with E-state index < -0.39 is 5.91 Å². The highest BCUT2D eigenvalue weighted by atomic mass is 35.5. The summed E-state index contributed by atoms with van der Waals surface area (Å²) in [6, 6.07) is 15.8. The number of ether oxygens (including phenoxy) is 4. The van der Waals surface area contributed by atoms with E-state index in [9.17, 15) is 14.4 Å². The Bertz CT molecular complexity index is 1830. The lowest BCUT2D eigenvalue weighted by molar-refractivity contribution is -0.933. The largest absolute Gasteiger partial charge is 0.484 e. The lowest BCUT2D eigenvalue weighted by Crippen LogP contribution is -2.60. The molecule has 4 heterocycles. The van der Waals surface area contributed by atoms with Crippen molar-refractivity contribution in [1.29, 1.82) is 0 Å². The van der Waals surface area contributed by atoms with E-state index in [1.807, 2.05) is 38.4 Å². The van der Waals surface area contributed by atoms with Crippen LogP contribution in [0.25, 0.3) is 0 Å². The number of piperidine rings is 1. The Morgan fingerprint density at radius 1 is 0.790 bits per heavy atom. The number of nitrogens with zero attached hydrogens (tertiary/aromatic N) is 5. The van der Waals surface area contributed by atoms with Crippen LogP contribution in [0, 0.1) is 0 Å². The highest BCUT2D eigenvalue weighted by Gasteiger charge is 2.36. The Morgan fingerprint density at radius 3 is 1.81 bits per heavy atom. The van der Waals surface area contributed by atoms with Crippen LogP contribution < -0.4 is 36.9 Å². The SMILES string of the molecule is CN1CCOC(CNC(=O)COc2ccc(CCC[N+]3(CCCc4ccc(OCC(=O)NCC5CN(C)CCO5)cc4)CCC[C@H](NC(=O)c4nc(Cl)c(N)nc4N)C3)cc2)C1. The third-order valence-corrected chi connectivity index (χ3v) is 12.0. The Kier molecular flexibility index (Phi) is 17.4. The van der Waals surface area contributed by atoms with Crippen LogP contribution in [0.1, 0.15) is 47.3 Å². The molecule has 1 aromatic heterocycles. The quantitative estimate of drug-likeness (QED) is 0.103. The number of rotatable bonds is 20. The van der Waals surface area contributed by atoms with E-state index in [2.05, 4.69) is 60.0 Å². The number of nitrogens with one attached hydrogen (secondary N) is 3. The van der Waals surface area contributed by atoms with Crippen LogP contribution in [0.4, 0.5) is 11.6 Å². The number of hydrogen-bond donors (Lipinski definition) is 5. The number of hydrogen-bond acceptors (Lipinski definition) is 13.